The molecular weight excluding hydrogens is 302 g/mol. The van der Waals surface area contributed by atoms with Gasteiger partial charge in [-0.05, 0) is 44.5 Å². The topological polar surface area (TPSA) is 84.7 Å². The normalized spacial score (nSPS) is 18.0. The van der Waals surface area contributed by atoms with Crippen molar-refractivity contribution in [2.45, 2.75) is 37.7 Å². The van der Waals surface area contributed by atoms with Crippen molar-refractivity contribution in [2.24, 2.45) is 5.73 Å². The minimum atomic E-state index is -3.50. The Kier molecular flexibility index (Phi) is 5.66. The van der Waals surface area contributed by atoms with E-state index in [9.17, 15) is 8.42 Å². The summed E-state index contributed by atoms with van der Waals surface area (Å²) in [5.74, 6) is 0.751. The molecule has 3 N–H and O–H groups in total. The number of nitrogens with zero attached hydrogens (tertiary/aromatic N) is 1. The SMILES string of the molecule is CCC1CN(CC)c2cc(S(=O)(=O)NCCCN)ccc2O1. The molecule has 0 aromatic heterocycles. The van der Waals surface area contributed by atoms with Gasteiger partial charge < -0.3 is 15.4 Å². The van der Waals surface area contributed by atoms with Gasteiger partial charge in [-0.3, -0.25) is 0 Å². The minimum absolute atomic E-state index is 0.151. The number of nitrogens with one attached hydrogen (secondary N) is 1. The summed E-state index contributed by atoms with van der Waals surface area (Å²) in [6.07, 6.45) is 1.70. The number of ether oxygens (including phenoxy) is 1. The van der Waals surface area contributed by atoms with Gasteiger partial charge in [0.15, 0.2) is 0 Å². The molecule has 1 aliphatic rings. The van der Waals surface area contributed by atoms with Crippen LogP contribution >= 0.6 is 0 Å². The molecule has 0 fully saturated rings. The van der Waals surface area contributed by atoms with Crippen LogP contribution in [0.3, 0.4) is 0 Å². The molecule has 0 spiro atoms. The highest BCUT2D eigenvalue weighted by Crippen LogP contribution is 2.35. The molecular formula is C15H25N3O3S. The lowest BCUT2D eigenvalue weighted by atomic mass is 10.1. The van der Waals surface area contributed by atoms with Crippen LogP contribution in [0.15, 0.2) is 23.1 Å². The molecule has 0 aliphatic carbocycles. The minimum Gasteiger partial charge on any atom is -0.486 e. The summed E-state index contributed by atoms with van der Waals surface area (Å²) in [7, 11) is -3.50. The molecule has 124 valence electrons. The Morgan fingerprint density at radius 2 is 2.18 bits per heavy atom. The van der Waals surface area contributed by atoms with Gasteiger partial charge in [-0.25, -0.2) is 13.1 Å². The van der Waals surface area contributed by atoms with E-state index >= 15 is 0 Å². The van der Waals surface area contributed by atoms with Gasteiger partial charge in [-0.15, -0.1) is 0 Å². The first-order valence-electron chi connectivity index (χ1n) is 7.77. The van der Waals surface area contributed by atoms with Gasteiger partial charge in [0.25, 0.3) is 0 Å². The van der Waals surface area contributed by atoms with E-state index in [1.165, 1.54) is 0 Å². The van der Waals surface area contributed by atoms with Gasteiger partial charge in [0.05, 0.1) is 17.1 Å². The van der Waals surface area contributed by atoms with Crippen molar-refractivity contribution in [3.63, 3.8) is 0 Å². The summed E-state index contributed by atoms with van der Waals surface area (Å²) >= 11 is 0. The van der Waals surface area contributed by atoms with Crippen LogP contribution in [-0.2, 0) is 10.0 Å². The van der Waals surface area contributed by atoms with Gasteiger partial charge in [-0.2, -0.15) is 0 Å². The zero-order valence-corrected chi connectivity index (χ0v) is 14.0. The van der Waals surface area contributed by atoms with Crippen molar-refractivity contribution in [3.8, 4) is 5.75 Å². The van der Waals surface area contributed by atoms with Crippen molar-refractivity contribution in [2.75, 3.05) is 31.1 Å². The second-order valence-electron chi connectivity index (χ2n) is 5.36. The fourth-order valence-corrected chi connectivity index (χ4v) is 3.57. The number of anilines is 1. The summed E-state index contributed by atoms with van der Waals surface area (Å²) in [5.41, 5.74) is 6.23. The second-order valence-corrected chi connectivity index (χ2v) is 7.12. The maximum absolute atomic E-state index is 12.3. The Bertz CT molecular complexity index is 604. The summed E-state index contributed by atoms with van der Waals surface area (Å²) < 4.78 is 33.1. The predicted molar refractivity (Wildman–Crippen MR) is 87.9 cm³/mol. The van der Waals surface area contributed by atoms with Crippen LogP contribution < -0.4 is 20.1 Å². The van der Waals surface area contributed by atoms with Crippen molar-refractivity contribution >= 4 is 15.7 Å². The molecule has 1 aromatic rings. The fourth-order valence-electron chi connectivity index (χ4n) is 2.48. The standard InChI is InChI=1S/C15H25N3O3S/c1-3-12-11-18(4-2)14-10-13(6-7-15(14)21-12)22(19,20)17-9-5-8-16/h6-7,10,12,17H,3-5,8-9,11,16H2,1-2H3. The van der Waals surface area contributed by atoms with Gasteiger partial charge in [0, 0.05) is 13.1 Å². The average molecular weight is 327 g/mol. The highest BCUT2D eigenvalue weighted by Gasteiger charge is 2.25. The van der Waals surface area contributed by atoms with Gasteiger partial charge in [-0.1, -0.05) is 6.92 Å². The molecule has 0 amide bonds. The van der Waals surface area contributed by atoms with Gasteiger partial charge in [0.2, 0.25) is 10.0 Å². The summed E-state index contributed by atoms with van der Waals surface area (Å²) in [6, 6.07) is 5.03. The largest absolute Gasteiger partial charge is 0.486 e. The van der Waals surface area contributed by atoms with Crippen molar-refractivity contribution in [1.82, 2.24) is 4.72 Å². The molecule has 6 nitrogen and oxygen atoms in total. The van der Waals surface area contributed by atoms with E-state index in [0.29, 0.717) is 19.5 Å². The molecule has 0 radical (unpaired) electrons. The first kappa shape index (κ1) is 17.1. The summed E-state index contributed by atoms with van der Waals surface area (Å²) in [4.78, 5) is 2.42. The number of hydrogen-bond donors (Lipinski definition) is 2. The van der Waals surface area contributed by atoms with Crippen LogP contribution in [0.25, 0.3) is 0 Å². The van der Waals surface area contributed by atoms with E-state index in [1.807, 2.05) is 0 Å². The maximum Gasteiger partial charge on any atom is 0.240 e. The van der Waals surface area contributed by atoms with E-state index in [4.69, 9.17) is 10.5 Å². The molecule has 1 aromatic carbocycles. The lowest BCUT2D eigenvalue weighted by Gasteiger charge is -2.35. The Balaban J connectivity index is 2.27. The Morgan fingerprint density at radius 1 is 1.41 bits per heavy atom. The molecule has 1 atom stereocenters. The number of rotatable bonds is 7. The Labute approximate surface area is 132 Å². The summed E-state index contributed by atoms with van der Waals surface area (Å²) in [6.45, 7) is 6.55. The van der Waals surface area contributed by atoms with Crippen LogP contribution in [0.5, 0.6) is 5.75 Å². The Morgan fingerprint density at radius 3 is 2.82 bits per heavy atom. The van der Waals surface area contributed by atoms with Gasteiger partial charge in [0.1, 0.15) is 11.9 Å². The molecule has 7 heteroatoms. The first-order chi connectivity index (χ1) is 10.5. The molecule has 1 heterocycles. The number of nitrogens with two attached hydrogens (primary N) is 1. The molecule has 0 saturated heterocycles. The van der Waals surface area contributed by atoms with E-state index in [1.54, 1.807) is 18.2 Å². The quantitative estimate of drug-likeness (QED) is 0.738. The van der Waals surface area contributed by atoms with E-state index in [2.05, 4.69) is 23.5 Å². The third-order valence-electron chi connectivity index (χ3n) is 3.81. The second kappa shape index (κ2) is 7.30. The third kappa shape index (κ3) is 3.71. The van der Waals surface area contributed by atoms with Crippen LogP contribution in [0.2, 0.25) is 0 Å². The monoisotopic (exact) mass is 327 g/mol. The molecule has 1 unspecified atom stereocenters. The van der Waals surface area contributed by atoms with E-state index in [-0.39, 0.29) is 11.0 Å². The summed E-state index contributed by atoms with van der Waals surface area (Å²) in [5, 5.41) is 0. The highest BCUT2D eigenvalue weighted by molar-refractivity contribution is 7.89. The van der Waals surface area contributed by atoms with Crippen LogP contribution in [-0.4, -0.2) is 40.7 Å². The number of likely N-dealkylation sites (N-methyl/N-ethyl adjacent to an activating group) is 1. The molecule has 22 heavy (non-hydrogen) atoms. The van der Waals surface area contributed by atoms with Crippen LogP contribution in [0.4, 0.5) is 5.69 Å². The van der Waals surface area contributed by atoms with Gasteiger partial charge >= 0.3 is 0 Å². The lowest BCUT2D eigenvalue weighted by Crippen LogP contribution is -2.39. The number of sulfonamides is 1. The molecule has 0 saturated carbocycles. The third-order valence-corrected chi connectivity index (χ3v) is 5.27. The molecule has 1 aliphatic heterocycles. The predicted octanol–water partition coefficient (Wildman–Crippen LogP) is 1.31. The van der Waals surface area contributed by atoms with Crippen molar-refractivity contribution in [3.05, 3.63) is 18.2 Å². The smallest absolute Gasteiger partial charge is 0.240 e. The van der Waals surface area contributed by atoms with Crippen molar-refractivity contribution in [1.29, 1.82) is 0 Å². The zero-order valence-electron chi connectivity index (χ0n) is 13.2. The number of hydrogen-bond acceptors (Lipinski definition) is 5. The Hall–Kier alpha value is -1.31. The van der Waals surface area contributed by atoms with Crippen LogP contribution in [0.1, 0.15) is 26.7 Å². The number of fused-ring (bicyclic) bond motifs is 1. The fraction of sp³-hybridized carbons (Fsp3) is 0.600. The van der Waals surface area contributed by atoms with Crippen LogP contribution in [0, 0.1) is 0 Å². The average Bonchev–Trinajstić information content (AvgIpc) is 2.53. The zero-order chi connectivity index (χ0) is 16.2. The molecule has 2 rings (SSSR count). The number of benzene rings is 1. The highest BCUT2D eigenvalue weighted by atomic mass is 32.2. The van der Waals surface area contributed by atoms with Crippen molar-refractivity contribution < 1.29 is 13.2 Å². The first-order valence-corrected chi connectivity index (χ1v) is 9.25. The molecule has 0 bridgehead atoms. The maximum atomic E-state index is 12.3. The van der Waals surface area contributed by atoms with E-state index in [0.717, 1.165) is 30.9 Å². The lowest BCUT2D eigenvalue weighted by molar-refractivity contribution is 0.189. The van der Waals surface area contributed by atoms with E-state index < -0.39 is 10.0 Å².